The maximum atomic E-state index is 10.1. The normalized spacial score (nSPS) is 34.8. The van der Waals surface area contributed by atoms with Crippen LogP contribution in [0.15, 0.2) is 12.2 Å². The SMILES string of the molecule is CC(C)OCC12CC=CCC1(CO)CN(C(C)(C)C)C2. The highest BCUT2D eigenvalue weighted by atomic mass is 16.5. The van der Waals surface area contributed by atoms with Crippen molar-refractivity contribution in [1.82, 2.24) is 4.90 Å². The zero-order chi connectivity index (χ0) is 15.0. The summed E-state index contributed by atoms with van der Waals surface area (Å²) < 4.78 is 6.00. The van der Waals surface area contributed by atoms with Crippen LogP contribution in [-0.4, -0.2) is 48.0 Å². The molecule has 0 amide bonds. The van der Waals surface area contributed by atoms with Crippen LogP contribution in [0.4, 0.5) is 0 Å². The quantitative estimate of drug-likeness (QED) is 0.804. The molecule has 1 heterocycles. The second-order valence-corrected chi connectivity index (χ2v) is 7.99. The van der Waals surface area contributed by atoms with E-state index >= 15 is 0 Å². The van der Waals surface area contributed by atoms with Crippen LogP contribution in [0.5, 0.6) is 0 Å². The molecule has 1 aliphatic carbocycles. The van der Waals surface area contributed by atoms with Crippen molar-refractivity contribution >= 4 is 0 Å². The summed E-state index contributed by atoms with van der Waals surface area (Å²) in [7, 11) is 0. The molecular formula is C17H31NO2. The first-order valence-electron chi connectivity index (χ1n) is 7.87. The molecule has 2 aliphatic rings. The van der Waals surface area contributed by atoms with Gasteiger partial charge in [-0.1, -0.05) is 12.2 Å². The fourth-order valence-corrected chi connectivity index (χ4v) is 3.64. The summed E-state index contributed by atoms with van der Waals surface area (Å²) in [5.41, 5.74) is 0.169. The van der Waals surface area contributed by atoms with E-state index in [0.717, 1.165) is 32.5 Å². The van der Waals surface area contributed by atoms with E-state index in [1.54, 1.807) is 0 Å². The highest BCUT2D eigenvalue weighted by Gasteiger charge is 2.58. The Kier molecular flexibility index (Phi) is 4.35. The van der Waals surface area contributed by atoms with Crippen LogP contribution in [0, 0.1) is 10.8 Å². The minimum atomic E-state index is -0.0378. The van der Waals surface area contributed by atoms with Crippen molar-refractivity contribution in [2.45, 2.75) is 59.1 Å². The molecule has 0 radical (unpaired) electrons. The van der Waals surface area contributed by atoms with Crippen molar-refractivity contribution in [2.75, 3.05) is 26.3 Å². The smallest absolute Gasteiger partial charge is 0.0547 e. The molecule has 1 aliphatic heterocycles. The number of fused-ring (bicyclic) bond motifs is 1. The van der Waals surface area contributed by atoms with Crippen LogP contribution < -0.4 is 0 Å². The Bertz CT molecular complexity index is 372. The van der Waals surface area contributed by atoms with Gasteiger partial charge in [0.1, 0.15) is 0 Å². The molecule has 3 heteroatoms. The van der Waals surface area contributed by atoms with Gasteiger partial charge >= 0.3 is 0 Å². The lowest BCUT2D eigenvalue weighted by Gasteiger charge is -2.45. The number of hydrogen-bond donors (Lipinski definition) is 1. The third kappa shape index (κ3) is 2.68. The first-order valence-corrected chi connectivity index (χ1v) is 7.87. The number of rotatable bonds is 4. The van der Waals surface area contributed by atoms with Gasteiger partial charge in [0.15, 0.2) is 0 Å². The lowest BCUT2D eigenvalue weighted by Crippen LogP contribution is -2.48. The highest BCUT2D eigenvalue weighted by Crippen LogP contribution is 2.55. The number of aliphatic hydroxyl groups excluding tert-OH is 1. The average Bonchev–Trinajstić information content (AvgIpc) is 2.72. The van der Waals surface area contributed by atoms with E-state index in [0.29, 0.717) is 0 Å². The topological polar surface area (TPSA) is 32.7 Å². The molecule has 1 fully saturated rings. The lowest BCUT2D eigenvalue weighted by atomic mass is 9.60. The van der Waals surface area contributed by atoms with Gasteiger partial charge in [-0.15, -0.1) is 0 Å². The summed E-state index contributed by atoms with van der Waals surface area (Å²) >= 11 is 0. The van der Waals surface area contributed by atoms with Crippen molar-refractivity contribution in [2.24, 2.45) is 10.8 Å². The van der Waals surface area contributed by atoms with Crippen molar-refractivity contribution in [3.05, 3.63) is 12.2 Å². The van der Waals surface area contributed by atoms with E-state index in [1.807, 2.05) is 0 Å². The van der Waals surface area contributed by atoms with Gasteiger partial charge in [0.05, 0.1) is 19.3 Å². The zero-order valence-corrected chi connectivity index (χ0v) is 13.8. The standard InChI is InChI=1S/C17H31NO2/c1-14(2)20-13-17-9-7-6-8-16(17,12-19)10-18(11-17)15(3,4)5/h6-7,14,19H,8-13H2,1-5H3. The molecule has 2 rings (SSSR count). The average molecular weight is 281 g/mol. The molecule has 3 nitrogen and oxygen atoms in total. The first kappa shape index (κ1) is 16.0. The molecule has 0 aromatic rings. The van der Waals surface area contributed by atoms with E-state index in [4.69, 9.17) is 4.74 Å². The van der Waals surface area contributed by atoms with Crippen LogP contribution in [0.2, 0.25) is 0 Å². The molecule has 0 bridgehead atoms. The Labute approximate surface area is 124 Å². The number of nitrogens with zero attached hydrogens (tertiary/aromatic N) is 1. The molecule has 0 spiro atoms. The zero-order valence-electron chi connectivity index (χ0n) is 13.8. The minimum Gasteiger partial charge on any atom is -0.396 e. The van der Waals surface area contributed by atoms with Gasteiger partial charge in [0, 0.05) is 29.5 Å². The summed E-state index contributed by atoms with van der Waals surface area (Å²) in [6.45, 7) is 14.0. The monoisotopic (exact) mass is 281 g/mol. The summed E-state index contributed by atoms with van der Waals surface area (Å²) in [6, 6.07) is 0. The Morgan fingerprint density at radius 2 is 1.70 bits per heavy atom. The van der Waals surface area contributed by atoms with Crippen molar-refractivity contribution in [3.8, 4) is 0 Å². The van der Waals surface area contributed by atoms with Gasteiger partial charge in [-0.3, -0.25) is 4.90 Å². The van der Waals surface area contributed by atoms with Gasteiger partial charge in [-0.05, 0) is 47.5 Å². The largest absolute Gasteiger partial charge is 0.396 e. The van der Waals surface area contributed by atoms with Gasteiger partial charge in [0.2, 0.25) is 0 Å². The first-order chi connectivity index (χ1) is 9.25. The van der Waals surface area contributed by atoms with E-state index in [2.05, 4.69) is 51.7 Å². The van der Waals surface area contributed by atoms with E-state index < -0.39 is 0 Å². The van der Waals surface area contributed by atoms with Crippen LogP contribution in [0.3, 0.4) is 0 Å². The minimum absolute atomic E-state index is 0.0378. The third-order valence-electron chi connectivity index (χ3n) is 5.24. The molecule has 1 N–H and O–H groups in total. The Morgan fingerprint density at radius 3 is 2.20 bits per heavy atom. The molecular weight excluding hydrogens is 250 g/mol. The number of likely N-dealkylation sites (tertiary alicyclic amines) is 1. The molecule has 20 heavy (non-hydrogen) atoms. The van der Waals surface area contributed by atoms with Gasteiger partial charge in [-0.2, -0.15) is 0 Å². The molecule has 116 valence electrons. The fourth-order valence-electron chi connectivity index (χ4n) is 3.64. The summed E-state index contributed by atoms with van der Waals surface area (Å²) in [5.74, 6) is 0. The van der Waals surface area contributed by atoms with Gasteiger partial charge in [0.25, 0.3) is 0 Å². The molecule has 0 aromatic heterocycles. The van der Waals surface area contributed by atoms with Crippen LogP contribution in [-0.2, 0) is 4.74 Å². The number of hydrogen-bond acceptors (Lipinski definition) is 3. The van der Waals surface area contributed by atoms with Crippen molar-refractivity contribution < 1.29 is 9.84 Å². The molecule has 0 aromatic carbocycles. The molecule has 2 unspecified atom stereocenters. The second-order valence-electron chi connectivity index (χ2n) is 7.99. The van der Waals surface area contributed by atoms with Crippen LogP contribution in [0.1, 0.15) is 47.5 Å². The molecule has 1 saturated heterocycles. The lowest BCUT2D eigenvalue weighted by molar-refractivity contribution is -0.0625. The maximum absolute atomic E-state index is 10.1. The Hall–Kier alpha value is -0.380. The van der Waals surface area contributed by atoms with Crippen molar-refractivity contribution in [1.29, 1.82) is 0 Å². The summed E-state index contributed by atoms with van der Waals surface area (Å²) in [4.78, 5) is 2.53. The van der Waals surface area contributed by atoms with Crippen LogP contribution in [0.25, 0.3) is 0 Å². The van der Waals surface area contributed by atoms with Crippen molar-refractivity contribution in [3.63, 3.8) is 0 Å². The van der Waals surface area contributed by atoms with E-state index in [9.17, 15) is 5.11 Å². The number of ether oxygens (including phenoxy) is 1. The van der Waals surface area contributed by atoms with E-state index in [-0.39, 0.29) is 29.1 Å². The van der Waals surface area contributed by atoms with Gasteiger partial charge < -0.3 is 9.84 Å². The fraction of sp³-hybridized carbons (Fsp3) is 0.882. The Balaban J connectivity index is 2.29. The predicted octanol–water partition coefficient (Wildman–Crippen LogP) is 2.84. The third-order valence-corrected chi connectivity index (χ3v) is 5.24. The molecule has 2 atom stereocenters. The second kappa shape index (κ2) is 5.43. The molecule has 0 saturated carbocycles. The van der Waals surface area contributed by atoms with Crippen LogP contribution >= 0.6 is 0 Å². The van der Waals surface area contributed by atoms with E-state index in [1.165, 1.54) is 0 Å². The highest BCUT2D eigenvalue weighted by molar-refractivity contribution is 5.16. The summed E-state index contributed by atoms with van der Waals surface area (Å²) in [5, 5.41) is 10.1. The predicted molar refractivity (Wildman–Crippen MR) is 82.7 cm³/mol. The number of aliphatic hydroxyl groups is 1. The maximum Gasteiger partial charge on any atom is 0.0547 e. The number of allylic oxidation sites excluding steroid dienone is 2. The summed E-state index contributed by atoms with van der Waals surface area (Å²) in [6.07, 6.45) is 6.76. The van der Waals surface area contributed by atoms with Gasteiger partial charge in [-0.25, -0.2) is 0 Å². The Morgan fingerprint density at radius 1 is 1.15 bits per heavy atom.